The molecule has 134 valence electrons. The summed E-state index contributed by atoms with van der Waals surface area (Å²) in [6.07, 6.45) is 7.98. The van der Waals surface area contributed by atoms with Crippen molar-refractivity contribution < 1.29 is 19.1 Å². The van der Waals surface area contributed by atoms with E-state index in [0.29, 0.717) is 5.03 Å². The molecule has 1 aliphatic heterocycles. The van der Waals surface area contributed by atoms with E-state index < -0.39 is 12.0 Å². The summed E-state index contributed by atoms with van der Waals surface area (Å²) in [4.78, 5) is 37.8. The summed E-state index contributed by atoms with van der Waals surface area (Å²) < 4.78 is 4.90. The van der Waals surface area contributed by atoms with E-state index in [0.717, 1.165) is 25.7 Å². The topological polar surface area (TPSA) is 75.7 Å². The van der Waals surface area contributed by atoms with E-state index in [1.54, 1.807) is 13.8 Å². The highest BCUT2D eigenvalue weighted by atomic mass is 32.2. The molecule has 1 saturated carbocycles. The SMILES string of the molecule is CCOC(=O)/C=C1\SCC(=O)N1C(C)C(=O)NC1CCCCCC1. The Hall–Kier alpha value is -1.50. The number of amides is 2. The lowest BCUT2D eigenvalue weighted by Gasteiger charge is -2.26. The van der Waals surface area contributed by atoms with Crippen molar-refractivity contribution in [2.45, 2.75) is 64.5 Å². The van der Waals surface area contributed by atoms with Crippen LogP contribution in [0.4, 0.5) is 0 Å². The molecule has 7 heteroatoms. The van der Waals surface area contributed by atoms with Gasteiger partial charge in [0.2, 0.25) is 11.8 Å². The first-order valence-electron chi connectivity index (χ1n) is 8.66. The minimum absolute atomic E-state index is 0.154. The van der Waals surface area contributed by atoms with Gasteiger partial charge in [-0.15, -0.1) is 0 Å². The Labute approximate surface area is 147 Å². The predicted octanol–water partition coefficient (Wildman–Crippen LogP) is 2.19. The van der Waals surface area contributed by atoms with Gasteiger partial charge in [0.25, 0.3) is 0 Å². The van der Waals surface area contributed by atoms with Gasteiger partial charge in [-0.3, -0.25) is 14.5 Å². The summed E-state index contributed by atoms with van der Waals surface area (Å²) in [5, 5.41) is 3.56. The molecule has 0 aromatic rings. The molecule has 0 bridgehead atoms. The first-order valence-corrected chi connectivity index (χ1v) is 9.65. The Morgan fingerprint density at radius 3 is 2.62 bits per heavy atom. The van der Waals surface area contributed by atoms with Crippen LogP contribution in [-0.2, 0) is 19.1 Å². The van der Waals surface area contributed by atoms with Crippen molar-refractivity contribution in [1.82, 2.24) is 10.2 Å². The van der Waals surface area contributed by atoms with Gasteiger partial charge >= 0.3 is 5.97 Å². The number of rotatable bonds is 5. The molecule has 2 amide bonds. The molecular formula is C17H26N2O4S. The van der Waals surface area contributed by atoms with Crippen LogP contribution in [-0.4, -0.2) is 47.1 Å². The molecule has 2 fully saturated rings. The highest BCUT2D eigenvalue weighted by Gasteiger charge is 2.35. The van der Waals surface area contributed by atoms with Crippen LogP contribution in [0, 0.1) is 0 Å². The summed E-state index contributed by atoms with van der Waals surface area (Å²) in [7, 11) is 0. The molecule has 0 aromatic heterocycles. The van der Waals surface area contributed by atoms with Crippen molar-refractivity contribution in [3.63, 3.8) is 0 Å². The molecule has 6 nitrogen and oxygen atoms in total. The second-order valence-electron chi connectivity index (χ2n) is 6.16. The molecule has 2 rings (SSSR count). The quantitative estimate of drug-likeness (QED) is 0.465. The largest absolute Gasteiger partial charge is 0.463 e. The first kappa shape index (κ1) is 18.8. The van der Waals surface area contributed by atoms with E-state index in [1.165, 1.54) is 35.6 Å². The van der Waals surface area contributed by atoms with Crippen molar-refractivity contribution in [2.24, 2.45) is 0 Å². The summed E-state index contributed by atoms with van der Waals surface area (Å²) in [5.74, 6) is -0.561. The highest BCUT2D eigenvalue weighted by Crippen LogP contribution is 2.31. The maximum Gasteiger partial charge on any atom is 0.333 e. The number of hydrogen-bond acceptors (Lipinski definition) is 5. The summed E-state index contributed by atoms with van der Waals surface area (Å²) in [5.41, 5.74) is 0. The van der Waals surface area contributed by atoms with Crippen LogP contribution in [0.2, 0.25) is 0 Å². The summed E-state index contributed by atoms with van der Waals surface area (Å²) in [6, 6.07) is -0.443. The Morgan fingerprint density at radius 1 is 1.33 bits per heavy atom. The number of nitrogens with zero attached hydrogens (tertiary/aromatic N) is 1. The number of esters is 1. The van der Waals surface area contributed by atoms with Gasteiger partial charge in [0.1, 0.15) is 6.04 Å². The third-order valence-corrected chi connectivity index (χ3v) is 5.35. The fraction of sp³-hybridized carbons (Fsp3) is 0.706. The highest BCUT2D eigenvalue weighted by molar-refractivity contribution is 8.04. The normalized spacial score (nSPS) is 22.3. The molecule has 0 aromatic carbocycles. The smallest absolute Gasteiger partial charge is 0.333 e. The van der Waals surface area contributed by atoms with E-state index in [1.807, 2.05) is 0 Å². The fourth-order valence-electron chi connectivity index (χ4n) is 3.06. The molecule has 2 aliphatic rings. The van der Waals surface area contributed by atoms with Crippen LogP contribution in [0.1, 0.15) is 52.4 Å². The number of nitrogens with one attached hydrogen (secondary N) is 1. The number of carbonyl (C=O) groups excluding carboxylic acids is 3. The molecule has 1 aliphatic carbocycles. The van der Waals surface area contributed by atoms with Crippen molar-refractivity contribution in [3.05, 3.63) is 11.1 Å². The van der Waals surface area contributed by atoms with Crippen molar-refractivity contribution in [3.8, 4) is 0 Å². The average molecular weight is 354 g/mol. The van der Waals surface area contributed by atoms with Crippen LogP contribution in [0.25, 0.3) is 0 Å². The standard InChI is InChI=1S/C17H26N2O4S/c1-3-23-16(21)10-15-19(14(20)11-24-15)12(2)17(22)18-13-8-6-4-5-7-9-13/h10,12-13H,3-9,11H2,1-2H3,(H,18,22)/b15-10-. The van der Waals surface area contributed by atoms with E-state index >= 15 is 0 Å². The lowest BCUT2D eigenvalue weighted by molar-refractivity contribution is -0.138. The maximum atomic E-state index is 12.6. The maximum absolute atomic E-state index is 12.6. The van der Waals surface area contributed by atoms with Crippen LogP contribution in [0.5, 0.6) is 0 Å². The molecule has 0 spiro atoms. The lowest BCUT2D eigenvalue weighted by atomic mass is 10.1. The zero-order chi connectivity index (χ0) is 17.5. The number of hydrogen-bond donors (Lipinski definition) is 1. The van der Waals surface area contributed by atoms with Crippen molar-refractivity contribution in [2.75, 3.05) is 12.4 Å². The number of ether oxygens (including phenoxy) is 1. The minimum Gasteiger partial charge on any atom is -0.463 e. The Bertz CT molecular complexity index is 513. The molecular weight excluding hydrogens is 328 g/mol. The molecule has 1 N–H and O–H groups in total. The Morgan fingerprint density at radius 2 is 2.00 bits per heavy atom. The third-order valence-electron chi connectivity index (χ3n) is 4.35. The molecule has 1 heterocycles. The van der Waals surface area contributed by atoms with Gasteiger partial charge in [-0.1, -0.05) is 37.4 Å². The first-order chi connectivity index (χ1) is 11.5. The minimum atomic E-state index is -0.628. The van der Waals surface area contributed by atoms with Crippen LogP contribution >= 0.6 is 11.8 Å². The van der Waals surface area contributed by atoms with Gasteiger partial charge in [-0.25, -0.2) is 4.79 Å². The molecule has 1 unspecified atom stereocenters. The van der Waals surface area contributed by atoms with Gasteiger partial charge in [0, 0.05) is 6.04 Å². The summed E-state index contributed by atoms with van der Waals surface area (Å²) in [6.45, 7) is 3.71. The zero-order valence-corrected chi connectivity index (χ0v) is 15.2. The van der Waals surface area contributed by atoms with E-state index in [9.17, 15) is 14.4 Å². The lowest BCUT2D eigenvalue weighted by Crippen LogP contribution is -2.48. The zero-order valence-electron chi connectivity index (χ0n) is 14.4. The van der Waals surface area contributed by atoms with E-state index in [2.05, 4.69) is 5.32 Å². The third kappa shape index (κ3) is 5.00. The van der Waals surface area contributed by atoms with Gasteiger partial charge in [0.15, 0.2) is 0 Å². The van der Waals surface area contributed by atoms with Crippen molar-refractivity contribution in [1.29, 1.82) is 0 Å². The van der Waals surface area contributed by atoms with Crippen LogP contribution in [0.15, 0.2) is 11.1 Å². The molecule has 1 saturated heterocycles. The monoisotopic (exact) mass is 354 g/mol. The van der Waals surface area contributed by atoms with Gasteiger partial charge < -0.3 is 10.1 Å². The number of thioether (sulfide) groups is 1. The van der Waals surface area contributed by atoms with E-state index in [4.69, 9.17) is 4.74 Å². The summed E-state index contributed by atoms with van der Waals surface area (Å²) >= 11 is 1.26. The van der Waals surface area contributed by atoms with Gasteiger partial charge in [-0.05, 0) is 26.7 Å². The molecule has 1 atom stereocenters. The van der Waals surface area contributed by atoms with Crippen molar-refractivity contribution >= 4 is 29.5 Å². The van der Waals surface area contributed by atoms with Crippen LogP contribution < -0.4 is 5.32 Å². The second kappa shape index (κ2) is 9.11. The fourth-order valence-corrected chi connectivity index (χ4v) is 4.05. The second-order valence-corrected chi connectivity index (χ2v) is 7.16. The average Bonchev–Trinajstić information content (AvgIpc) is 2.75. The van der Waals surface area contributed by atoms with Crippen LogP contribution in [0.3, 0.4) is 0 Å². The van der Waals surface area contributed by atoms with E-state index in [-0.39, 0.29) is 30.2 Å². The van der Waals surface area contributed by atoms with Gasteiger partial charge in [-0.2, -0.15) is 0 Å². The Balaban J connectivity index is 2.01. The van der Waals surface area contributed by atoms with Gasteiger partial charge in [0.05, 0.1) is 23.5 Å². The number of carbonyl (C=O) groups is 3. The predicted molar refractivity (Wildman–Crippen MR) is 93.1 cm³/mol. The molecule has 24 heavy (non-hydrogen) atoms. The molecule has 0 radical (unpaired) electrons. The Kier molecular flexibility index (Phi) is 7.15.